The van der Waals surface area contributed by atoms with Crippen LogP contribution in [0.1, 0.15) is 11.4 Å². The number of aromatic nitrogens is 2. The molecule has 1 aromatic rings. The van der Waals surface area contributed by atoms with Crippen molar-refractivity contribution in [3.63, 3.8) is 0 Å². The van der Waals surface area contributed by atoms with Gasteiger partial charge in [-0.25, -0.2) is 0 Å². The lowest BCUT2D eigenvalue weighted by Gasteiger charge is -1.98. The molecule has 0 amide bonds. The van der Waals surface area contributed by atoms with Crippen molar-refractivity contribution in [2.45, 2.75) is 6.92 Å². The molecule has 0 bridgehead atoms. The Balaban J connectivity index is 3.48. The summed E-state index contributed by atoms with van der Waals surface area (Å²) in [7, 11) is 1.63. The third-order valence-corrected chi connectivity index (χ3v) is 1.39. The molecule has 11 heavy (non-hydrogen) atoms. The minimum atomic E-state index is -0.195. The highest BCUT2D eigenvalue weighted by atomic mass is 16.1. The molecule has 0 aliphatic carbocycles. The summed E-state index contributed by atoms with van der Waals surface area (Å²) >= 11 is 0. The van der Waals surface area contributed by atoms with Gasteiger partial charge in [-0.05, 0) is 6.92 Å². The zero-order chi connectivity index (χ0) is 8.43. The van der Waals surface area contributed by atoms with Gasteiger partial charge < -0.3 is 0 Å². The molecular weight excluding hydrogens is 142 g/mol. The monoisotopic (exact) mass is 149 g/mol. The molecule has 4 heteroatoms. The molecule has 1 heterocycles. The number of hydrogen-bond acceptors (Lipinski definition) is 3. The second-order valence-electron chi connectivity index (χ2n) is 2.21. The summed E-state index contributed by atoms with van der Waals surface area (Å²) in [5.41, 5.74) is 0.492. The summed E-state index contributed by atoms with van der Waals surface area (Å²) in [6.07, 6.45) is 0. The topological polar surface area (TPSA) is 58.7 Å². The Labute approximate surface area is 63.7 Å². The van der Waals surface area contributed by atoms with Gasteiger partial charge >= 0.3 is 0 Å². The van der Waals surface area contributed by atoms with Crippen LogP contribution in [-0.4, -0.2) is 9.78 Å². The first-order valence-corrected chi connectivity index (χ1v) is 3.10. The molecule has 0 saturated heterocycles. The number of rotatable bonds is 0. The van der Waals surface area contributed by atoms with Crippen LogP contribution in [0, 0.1) is 18.3 Å². The molecule has 0 fully saturated rings. The highest BCUT2D eigenvalue weighted by Gasteiger charge is 1.99. The van der Waals surface area contributed by atoms with Gasteiger partial charge in [0.2, 0.25) is 5.43 Å². The third kappa shape index (κ3) is 1.27. The predicted octanol–water partition coefficient (Wildman–Crippen LogP) is -0.0396. The SMILES string of the molecule is Cc1nn(C)c(C#N)cc1=O. The van der Waals surface area contributed by atoms with E-state index in [1.807, 2.05) is 6.07 Å². The van der Waals surface area contributed by atoms with Crippen molar-refractivity contribution < 1.29 is 0 Å². The normalized spacial score (nSPS) is 9.18. The lowest BCUT2D eigenvalue weighted by molar-refractivity contribution is 0.704. The van der Waals surface area contributed by atoms with E-state index in [2.05, 4.69) is 5.10 Å². The fraction of sp³-hybridized carbons (Fsp3) is 0.286. The zero-order valence-electron chi connectivity index (χ0n) is 6.33. The molecule has 0 radical (unpaired) electrons. The Morgan fingerprint density at radius 1 is 1.73 bits per heavy atom. The zero-order valence-corrected chi connectivity index (χ0v) is 6.33. The van der Waals surface area contributed by atoms with Gasteiger partial charge in [0.15, 0.2) is 0 Å². The molecule has 0 aliphatic heterocycles. The molecule has 1 aromatic heterocycles. The first-order chi connectivity index (χ1) is 5.15. The molecule has 0 atom stereocenters. The number of aryl methyl sites for hydroxylation is 2. The largest absolute Gasteiger partial charge is 0.288 e. The van der Waals surface area contributed by atoms with E-state index in [0.29, 0.717) is 5.69 Å². The average Bonchev–Trinajstić information content (AvgIpc) is 1.97. The first kappa shape index (κ1) is 7.48. The minimum absolute atomic E-state index is 0.195. The van der Waals surface area contributed by atoms with Gasteiger partial charge in [-0.15, -0.1) is 0 Å². The van der Waals surface area contributed by atoms with Crippen molar-refractivity contribution in [2.75, 3.05) is 0 Å². The van der Waals surface area contributed by atoms with E-state index >= 15 is 0 Å². The molecule has 0 saturated carbocycles. The standard InChI is InChI=1S/C7H7N3O/c1-5-7(11)3-6(4-8)10(2)9-5/h3H,1-2H3. The van der Waals surface area contributed by atoms with Crippen LogP contribution in [0.15, 0.2) is 10.9 Å². The second kappa shape index (κ2) is 2.54. The molecule has 0 N–H and O–H groups in total. The summed E-state index contributed by atoms with van der Waals surface area (Å²) < 4.78 is 1.39. The van der Waals surface area contributed by atoms with E-state index in [1.54, 1.807) is 14.0 Å². The van der Waals surface area contributed by atoms with Gasteiger partial charge in [-0.1, -0.05) is 0 Å². The Hall–Kier alpha value is -1.63. The molecule has 1 rings (SSSR count). The van der Waals surface area contributed by atoms with Gasteiger partial charge in [0.05, 0.1) is 0 Å². The van der Waals surface area contributed by atoms with Crippen LogP contribution in [0.5, 0.6) is 0 Å². The average molecular weight is 149 g/mol. The van der Waals surface area contributed by atoms with Crippen molar-refractivity contribution in [1.82, 2.24) is 9.78 Å². The van der Waals surface area contributed by atoms with Crippen LogP contribution in [0.3, 0.4) is 0 Å². The number of nitriles is 1. The van der Waals surface area contributed by atoms with Crippen LogP contribution < -0.4 is 5.43 Å². The first-order valence-electron chi connectivity index (χ1n) is 3.10. The van der Waals surface area contributed by atoms with Crippen molar-refractivity contribution in [1.29, 1.82) is 5.26 Å². The van der Waals surface area contributed by atoms with Crippen LogP contribution in [0.4, 0.5) is 0 Å². The van der Waals surface area contributed by atoms with Gasteiger partial charge in [-0.3, -0.25) is 9.48 Å². The maximum absolute atomic E-state index is 10.9. The summed E-state index contributed by atoms with van der Waals surface area (Å²) in [5, 5.41) is 12.3. The molecular formula is C7H7N3O. The summed E-state index contributed by atoms with van der Waals surface area (Å²) in [6, 6.07) is 3.14. The Kier molecular flexibility index (Phi) is 1.73. The van der Waals surface area contributed by atoms with Crippen molar-refractivity contribution >= 4 is 0 Å². The van der Waals surface area contributed by atoms with E-state index in [0.717, 1.165) is 0 Å². The third-order valence-electron chi connectivity index (χ3n) is 1.39. The molecule has 4 nitrogen and oxygen atoms in total. The summed E-state index contributed by atoms with van der Waals surface area (Å²) in [4.78, 5) is 10.9. The maximum Gasteiger partial charge on any atom is 0.204 e. The van der Waals surface area contributed by atoms with Gasteiger partial charge in [0.25, 0.3) is 0 Å². The van der Waals surface area contributed by atoms with Crippen molar-refractivity contribution in [2.24, 2.45) is 7.05 Å². The molecule has 0 aromatic carbocycles. The van der Waals surface area contributed by atoms with Crippen molar-refractivity contribution in [3.05, 3.63) is 27.7 Å². The Morgan fingerprint density at radius 2 is 2.36 bits per heavy atom. The number of nitrogens with zero attached hydrogens (tertiary/aromatic N) is 3. The fourth-order valence-corrected chi connectivity index (χ4v) is 0.755. The van der Waals surface area contributed by atoms with Gasteiger partial charge in [-0.2, -0.15) is 10.4 Å². The van der Waals surface area contributed by atoms with Crippen LogP contribution in [-0.2, 0) is 7.05 Å². The number of hydrogen-bond donors (Lipinski definition) is 0. The lowest BCUT2D eigenvalue weighted by atomic mass is 10.3. The Morgan fingerprint density at radius 3 is 2.91 bits per heavy atom. The highest BCUT2D eigenvalue weighted by molar-refractivity contribution is 5.20. The molecule has 0 aliphatic rings. The smallest absolute Gasteiger partial charge is 0.204 e. The van der Waals surface area contributed by atoms with E-state index < -0.39 is 0 Å². The van der Waals surface area contributed by atoms with E-state index in [4.69, 9.17) is 5.26 Å². The molecule has 56 valence electrons. The predicted molar refractivity (Wildman–Crippen MR) is 38.9 cm³/mol. The van der Waals surface area contributed by atoms with E-state index in [-0.39, 0.29) is 11.1 Å². The van der Waals surface area contributed by atoms with E-state index in [1.165, 1.54) is 10.7 Å². The van der Waals surface area contributed by atoms with Gasteiger partial charge in [0, 0.05) is 13.1 Å². The Bertz CT molecular complexity index is 372. The lowest BCUT2D eigenvalue weighted by Crippen LogP contribution is -2.14. The highest BCUT2D eigenvalue weighted by Crippen LogP contribution is 1.89. The summed E-state index contributed by atoms with van der Waals surface area (Å²) in [5.74, 6) is 0. The minimum Gasteiger partial charge on any atom is -0.288 e. The van der Waals surface area contributed by atoms with Crippen LogP contribution >= 0.6 is 0 Å². The van der Waals surface area contributed by atoms with Crippen molar-refractivity contribution in [3.8, 4) is 6.07 Å². The summed E-state index contributed by atoms with van der Waals surface area (Å²) in [6.45, 7) is 1.61. The quantitative estimate of drug-likeness (QED) is 0.520. The molecule has 0 unspecified atom stereocenters. The molecule has 0 spiro atoms. The fourth-order valence-electron chi connectivity index (χ4n) is 0.755. The van der Waals surface area contributed by atoms with Crippen LogP contribution in [0.25, 0.3) is 0 Å². The van der Waals surface area contributed by atoms with Crippen LogP contribution in [0.2, 0.25) is 0 Å². The maximum atomic E-state index is 10.9. The van der Waals surface area contributed by atoms with E-state index in [9.17, 15) is 4.79 Å². The second-order valence-corrected chi connectivity index (χ2v) is 2.21. The van der Waals surface area contributed by atoms with Gasteiger partial charge in [0.1, 0.15) is 17.5 Å².